The van der Waals surface area contributed by atoms with E-state index in [-0.39, 0.29) is 11.1 Å². The molecule has 1 aromatic heterocycles. The third kappa shape index (κ3) is 1.58. The molecule has 2 aromatic rings. The van der Waals surface area contributed by atoms with Crippen LogP contribution in [0.2, 0.25) is 0 Å². The number of phenolic OH excluding ortho intramolecular Hbond substituents is 1. The molecule has 0 saturated heterocycles. The number of hydrogen-bond donors (Lipinski definition) is 1. The maximum absolute atomic E-state index is 9.39. The highest BCUT2D eigenvalue weighted by Crippen LogP contribution is 2.51. The summed E-state index contributed by atoms with van der Waals surface area (Å²) in [6.45, 7) is 1.96. The lowest BCUT2D eigenvalue weighted by molar-refractivity contribution is 0.475. The number of nitrogens with zero attached hydrogens (tertiary/aromatic N) is 4. The smallest absolute Gasteiger partial charge is 0.216 e. The van der Waals surface area contributed by atoms with Gasteiger partial charge in [0.15, 0.2) is 5.82 Å². The van der Waals surface area contributed by atoms with Gasteiger partial charge >= 0.3 is 0 Å². The summed E-state index contributed by atoms with van der Waals surface area (Å²) in [5.74, 6) is 1.18. The quantitative estimate of drug-likeness (QED) is 0.871. The Labute approximate surface area is 118 Å². The van der Waals surface area contributed by atoms with E-state index in [0.29, 0.717) is 0 Å². The summed E-state index contributed by atoms with van der Waals surface area (Å²) in [7, 11) is 0. The predicted molar refractivity (Wildman–Crippen MR) is 75.4 cm³/mol. The van der Waals surface area contributed by atoms with E-state index < -0.39 is 0 Å². The minimum Gasteiger partial charge on any atom is -0.508 e. The lowest BCUT2D eigenvalue weighted by Crippen LogP contribution is -2.29. The highest BCUT2D eigenvalue weighted by Gasteiger charge is 2.38. The number of phenols is 1. The molecule has 0 bridgehead atoms. The number of hydrogen-bond acceptors (Lipinski definition) is 6. The summed E-state index contributed by atoms with van der Waals surface area (Å²) in [6, 6.07) is 7.34. The van der Waals surface area contributed by atoms with Gasteiger partial charge in [0.25, 0.3) is 0 Å². The molecule has 0 radical (unpaired) electrons. The van der Waals surface area contributed by atoms with Gasteiger partial charge in [0.05, 0.1) is 0 Å². The standard InChI is InChI=1S/C12H10N4OS2/c1-7-13-14-12-15(7)16-10(19-12)6-18-11(16)8-2-4-9(17)5-3-8/h2-6,11,17H,1H3/t11-/m1/s1. The molecule has 1 N–H and O–H groups in total. The first-order valence-electron chi connectivity index (χ1n) is 5.78. The first kappa shape index (κ1) is 11.2. The highest BCUT2D eigenvalue weighted by atomic mass is 32.2. The molecular formula is C12H10N4OS2. The minimum atomic E-state index is 0.166. The van der Waals surface area contributed by atoms with E-state index in [1.165, 1.54) is 5.03 Å². The third-order valence-electron chi connectivity index (χ3n) is 3.10. The van der Waals surface area contributed by atoms with Gasteiger partial charge in [-0.25, -0.2) is 4.68 Å². The van der Waals surface area contributed by atoms with Gasteiger partial charge in [-0.2, -0.15) is 0 Å². The Balaban J connectivity index is 1.77. The van der Waals surface area contributed by atoms with Gasteiger partial charge in [0.1, 0.15) is 16.2 Å². The van der Waals surface area contributed by atoms with Crippen LogP contribution in [-0.4, -0.2) is 20.0 Å². The van der Waals surface area contributed by atoms with Crippen LogP contribution < -0.4 is 5.01 Å². The highest BCUT2D eigenvalue weighted by molar-refractivity contribution is 8.07. The molecule has 7 heteroatoms. The first-order valence-corrected chi connectivity index (χ1v) is 7.54. The summed E-state index contributed by atoms with van der Waals surface area (Å²) in [5, 5.41) is 24.3. The molecule has 3 heterocycles. The Morgan fingerprint density at radius 1 is 1.21 bits per heavy atom. The largest absolute Gasteiger partial charge is 0.508 e. The van der Waals surface area contributed by atoms with Crippen molar-refractivity contribution in [3.63, 3.8) is 0 Å². The number of aromatic hydroxyl groups is 1. The zero-order chi connectivity index (χ0) is 13.0. The maximum Gasteiger partial charge on any atom is 0.216 e. The average molecular weight is 290 g/mol. The molecule has 1 aromatic carbocycles. The summed E-state index contributed by atoms with van der Waals surface area (Å²) in [5.41, 5.74) is 1.15. The molecule has 2 aliphatic heterocycles. The molecule has 0 spiro atoms. The normalized spacial score (nSPS) is 20.4. The lowest BCUT2D eigenvalue weighted by atomic mass is 10.2. The van der Waals surface area contributed by atoms with E-state index in [2.05, 4.69) is 20.6 Å². The molecule has 96 valence electrons. The van der Waals surface area contributed by atoms with Gasteiger partial charge in [-0.1, -0.05) is 23.9 Å². The number of rotatable bonds is 1. The van der Waals surface area contributed by atoms with Crippen molar-refractivity contribution in [3.05, 3.63) is 46.1 Å². The van der Waals surface area contributed by atoms with Crippen molar-refractivity contribution in [3.8, 4) is 5.75 Å². The number of fused-ring (bicyclic) bond motifs is 3. The van der Waals surface area contributed by atoms with Crippen LogP contribution in [0.4, 0.5) is 0 Å². The SMILES string of the molecule is Cc1nnc2n1N1C(=CS[C@@H]1c1ccc(O)cc1)S2. The Morgan fingerprint density at radius 2 is 2.00 bits per heavy atom. The van der Waals surface area contributed by atoms with Gasteiger partial charge in [0.2, 0.25) is 5.16 Å². The first-order chi connectivity index (χ1) is 9.24. The van der Waals surface area contributed by atoms with Crippen LogP contribution in [0, 0.1) is 6.92 Å². The van der Waals surface area contributed by atoms with Crippen molar-refractivity contribution in [1.29, 1.82) is 0 Å². The van der Waals surface area contributed by atoms with Crippen LogP contribution in [0.3, 0.4) is 0 Å². The van der Waals surface area contributed by atoms with Crippen molar-refractivity contribution in [1.82, 2.24) is 14.9 Å². The molecule has 0 fully saturated rings. The Kier molecular flexibility index (Phi) is 2.33. The summed E-state index contributed by atoms with van der Waals surface area (Å²) in [6.07, 6.45) is 0. The molecule has 19 heavy (non-hydrogen) atoms. The molecular weight excluding hydrogens is 280 g/mol. The van der Waals surface area contributed by atoms with E-state index in [4.69, 9.17) is 0 Å². The summed E-state index contributed by atoms with van der Waals surface area (Å²) >= 11 is 3.39. The second-order valence-electron chi connectivity index (χ2n) is 4.32. The van der Waals surface area contributed by atoms with E-state index in [1.54, 1.807) is 35.7 Å². The molecule has 0 amide bonds. The molecule has 2 aliphatic rings. The topological polar surface area (TPSA) is 54.2 Å². The van der Waals surface area contributed by atoms with Crippen LogP contribution in [0.25, 0.3) is 0 Å². The number of aryl methyl sites for hydroxylation is 1. The monoisotopic (exact) mass is 290 g/mol. The van der Waals surface area contributed by atoms with Gasteiger partial charge in [-0.05, 0) is 36.4 Å². The van der Waals surface area contributed by atoms with Crippen molar-refractivity contribution in [2.75, 3.05) is 5.01 Å². The molecule has 0 unspecified atom stereocenters. The second kappa shape index (κ2) is 3.94. The van der Waals surface area contributed by atoms with Gasteiger partial charge in [-0.15, -0.1) is 10.2 Å². The average Bonchev–Trinajstić information content (AvgIpc) is 3.03. The summed E-state index contributed by atoms with van der Waals surface area (Å²) in [4.78, 5) is 0. The van der Waals surface area contributed by atoms with E-state index >= 15 is 0 Å². The molecule has 1 atom stereocenters. The van der Waals surface area contributed by atoms with Crippen LogP contribution in [0.5, 0.6) is 5.75 Å². The van der Waals surface area contributed by atoms with E-state index in [9.17, 15) is 5.11 Å². The minimum absolute atomic E-state index is 0.166. The fourth-order valence-electron chi connectivity index (χ4n) is 2.23. The fraction of sp³-hybridized carbons (Fsp3) is 0.167. The zero-order valence-corrected chi connectivity index (χ0v) is 11.6. The van der Waals surface area contributed by atoms with Crippen LogP contribution >= 0.6 is 23.5 Å². The number of aromatic nitrogens is 3. The fourth-order valence-corrected chi connectivity index (χ4v) is 4.50. The van der Waals surface area contributed by atoms with Crippen molar-refractivity contribution < 1.29 is 5.11 Å². The molecule has 0 aliphatic carbocycles. The number of benzene rings is 1. The second-order valence-corrected chi connectivity index (χ2v) is 6.27. The summed E-state index contributed by atoms with van der Waals surface area (Å²) < 4.78 is 2.05. The van der Waals surface area contributed by atoms with Gasteiger partial charge < -0.3 is 5.11 Å². The van der Waals surface area contributed by atoms with E-state index in [1.807, 2.05) is 23.7 Å². The molecule has 0 saturated carbocycles. The molecule has 4 rings (SSSR count). The maximum atomic E-state index is 9.39. The van der Waals surface area contributed by atoms with Crippen molar-refractivity contribution >= 4 is 23.5 Å². The van der Waals surface area contributed by atoms with Gasteiger partial charge in [-0.3, -0.25) is 5.01 Å². The third-order valence-corrected chi connectivity index (χ3v) is 5.29. The Bertz CT molecular complexity index is 680. The predicted octanol–water partition coefficient (Wildman–Crippen LogP) is 2.58. The Morgan fingerprint density at radius 3 is 2.79 bits per heavy atom. The molecule has 5 nitrogen and oxygen atoms in total. The van der Waals surface area contributed by atoms with Crippen molar-refractivity contribution in [2.45, 2.75) is 17.5 Å². The van der Waals surface area contributed by atoms with Crippen LogP contribution in [0.1, 0.15) is 16.8 Å². The van der Waals surface area contributed by atoms with Crippen LogP contribution in [-0.2, 0) is 0 Å². The lowest BCUT2D eigenvalue weighted by Gasteiger charge is -2.25. The van der Waals surface area contributed by atoms with E-state index in [0.717, 1.165) is 16.5 Å². The van der Waals surface area contributed by atoms with Gasteiger partial charge in [0, 0.05) is 5.41 Å². The van der Waals surface area contributed by atoms with Crippen LogP contribution in [0.15, 0.2) is 39.9 Å². The zero-order valence-electron chi connectivity index (χ0n) is 10.0. The van der Waals surface area contributed by atoms with Crippen molar-refractivity contribution in [2.24, 2.45) is 0 Å². The number of thioether (sulfide) groups is 2. The Hall–Kier alpha value is -1.60.